The third-order valence-corrected chi connectivity index (χ3v) is 3.53. The summed E-state index contributed by atoms with van der Waals surface area (Å²) in [5.41, 5.74) is 0.681. The van der Waals surface area contributed by atoms with Gasteiger partial charge in [-0.05, 0) is 30.5 Å². The minimum absolute atomic E-state index is 0.0125. The summed E-state index contributed by atoms with van der Waals surface area (Å²) in [7, 11) is 0. The Morgan fingerprint density at radius 2 is 1.78 bits per heavy atom. The van der Waals surface area contributed by atoms with E-state index in [0.29, 0.717) is 5.56 Å². The standard InChI is InChI=1S/C14H19Br2NO/c1-10(2)5-3-4-6-17-14(18)11-7-12(15)9-13(16)8-11/h7-10H,3-6H2,1-2H3,(H,17,18). The molecule has 18 heavy (non-hydrogen) atoms. The molecule has 0 bridgehead atoms. The number of carbonyl (C=O) groups is 1. The molecule has 0 atom stereocenters. The predicted molar refractivity (Wildman–Crippen MR) is 82.9 cm³/mol. The third kappa shape index (κ3) is 6.01. The molecular weight excluding hydrogens is 358 g/mol. The molecule has 0 heterocycles. The molecule has 0 aromatic heterocycles. The zero-order valence-corrected chi connectivity index (χ0v) is 14.0. The van der Waals surface area contributed by atoms with Crippen molar-refractivity contribution in [2.75, 3.05) is 6.54 Å². The maximum Gasteiger partial charge on any atom is 0.251 e. The van der Waals surface area contributed by atoms with Crippen molar-refractivity contribution >= 4 is 37.8 Å². The Morgan fingerprint density at radius 3 is 2.33 bits per heavy atom. The summed E-state index contributed by atoms with van der Waals surface area (Å²) in [6, 6.07) is 5.57. The fraction of sp³-hybridized carbons (Fsp3) is 0.500. The van der Waals surface area contributed by atoms with E-state index < -0.39 is 0 Å². The molecule has 0 saturated carbocycles. The summed E-state index contributed by atoms with van der Waals surface area (Å²) in [5, 5.41) is 2.95. The summed E-state index contributed by atoms with van der Waals surface area (Å²) < 4.78 is 1.81. The molecule has 2 nitrogen and oxygen atoms in total. The molecule has 1 aromatic carbocycles. The molecule has 1 N–H and O–H groups in total. The number of halogens is 2. The molecule has 0 aliphatic carbocycles. The molecule has 100 valence electrons. The number of nitrogens with one attached hydrogen (secondary N) is 1. The number of carbonyl (C=O) groups excluding carboxylic acids is 1. The number of rotatable bonds is 6. The summed E-state index contributed by atoms with van der Waals surface area (Å²) >= 11 is 6.76. The number of amides is 1. The van der Waals surface area contributed by atoms with Crippen LogP contribution < -0.4 is 5.32 Å². The second-order valence-corrected chi connectivity index (χ2v) is 6.64. The zero-order chi connectivity index (χ0) is 13.5. The van der Waals surface area contributed by atoms with Crippen LogP contribution in [0.3, 0.4) is 0 Å². The molecule has 1 amide bonds. The summed E-state index contributed by atoms with van der Waals surface area (Å²) in [4.78, 5) is 11.9. The van der Waals surface area contributed by atoms with E-state index in [1.165, 1.54) is 12.8 Å². The van der Waals surface area contributed by atoms with Crippen LogP contribution in [0.5, 0.6) is 0 Å². The highest BCUT2D eigenvalue weighted by Crippen LogP contribution is 2.20. The highest BCUT2D eigenvalue weighted by molar-refractivity contribution is 9.11. The van der Waals surface area contributed by atoms with Gasteiger partial charge in [0.25, 0.3) is 5.91 Å². The number of hydrogen-bond donors (Lipinski definition) is 1. The first-order valence-electron chi connectivity index (χ1n) is 6.23. The van der Waals surface area contributed by atoms with Crippen molar-refractivity contribution in [1.29, 1.82) is 0 Å². The number of hydrogen-bond acceptors (Lipinski definition) is 1. The van der Waals surface area contributed by atoms with Gasteiger partial charge in [-0.25, -0.2) is 0 Å². The van der Waals surface area contributed by atoms with E-state index in [4.69, 9.17) is 0 Å². The Morgan fingerprint density at radius 1 is 1.17 bits per heavy atom. The molecule has 4 heteroatoms. The molecule has 1 aromatic rings. The smallest absolute Gasteiger partial charge is 0.251 e. The molecule has 1 rings (SSSR count). The molecule has 0 spiro atoms. The SMILES string of the molecule is CC(C)CCCCNC(=O)c1cc(Br)cc(Br)c1. The van der Waals surface area contributed by atoms with Gasteiger partial charge in [-0.15, -0.1) is 0 Å². The van der Waals surface area contributed by atoms with Crippen LogP contribution in [0.25, 0.3) is 0 Å². The lowest BCUT2D eigenvalue weighted by Gasteiger charge is -2.07. The highest BCUT2D eigenvalue weighted by atomic mass is 79.9. The van der Waals surface area contributed by atoms with E-state index in [1.807, 2.05) is 18.2 Å². The van der Waals surface area contributed by atoms with Crippen molar-refractivity contribution in [1.82, 2.24) is 5.32 Å². The van der Waals surface area contributed by atoms with E-state index >= 15 is 0 Å². The van der Waals surface area contributed by atoms with Gasteiger partial charge < -0.3 is 5.32 Å². The van der Waals surface area contributed by atoms with Crippen molar-refractivity contribution in [2.24, 2.45) is 5.92 Å². The molecule has 0 aliphatic rings. The normalized spacial score (nSPS) is 10.7. The predicted octanol–water partition coefficient (Wildman–Crippen LogP) is 4.77. The van der Waals surface area contributed by atoms with Gasteiger partial charge in [0.15, 0.2) is 0 Å². The Hall–Kier alpha value is -0.350. The van der Waals surface area contributed by atoms with Gasteiger partial charge in [0.1, 0.15) is 0 Å². The average Bonchev–Trinajstić information content (AvgIpc) is 2.26. The largest absolute Gasteiger partial charge is 0.352 e. The fourth-order valence-electron chi connectivity index (χ4n) is 1.67. The van der Waals surface area contributed by atoms with Gasteiger partial charge in [0.05, 0.1) is 0 Å². The maximum atomic E-state index is 11.9. The summed E-state index contributed by atoms with van der Waals surface area (Å²) in [5.74, 6) is 0.725. The minimum Gasteiger partial charge on any atom is -0.352 e. The number of benzene rings is 1. The van der Waals surface area contributed by atoms with Crippen LogP contribution in [0.1, 0.15) is 43.5 Å². The van der Waals surface area contributed by atoms with Gasteiger partial charge in [-0.2, -0.15) is 0 Å². The van der Waals surface area contributed by atoms with Crippen molar-refractivity contribution in [3.63, 3.8) is 0 Å². The van der Waals surface area contributed by atoms with Crippen molar-refractivity contribution < 1.29 is 4.79 Å². The topological polar surface area (TPSA) is 29.1 Å². The van der Waals surface area contributed by atoms with Gasteiger partial charge in [0, 0.05) is 21.1 Å². The van der Waals surface area contributed by atoms with E-state index in [-0.39, 0.29) is 5.91 Å². The van der Waals surface area contributed by atoms with Gasteiger partial charge in [0.2, 0.25) is 0 Å². The molecule has 0 radical (unpaired) electrons. The Balaban J connectivity index is 2.36. The Bertz CT molecular complexity index is 385. The van der Waals surface area contributed by atoms with Crippen LogP contribution in [-0.4, -0.2) is 12.5 Å². The van der Waals surface area contributed by atoms with Crippen LogP contribution in [0.2, 0.25) is 0 Å². The second-order valence-electron chi connectivity index (χ2n) is 4.80. The van der Waals surface area contributed by atoms with Gasteiger partial charge in [-0.1, -0.05) is 58.5 Å². The van der Waals surface area contributed by atoms with Crippen LogP contribution in [0.4, 0.5) is 0 Å². The molecule has 0 unspecified atom stereocenters. The highest BCUT2D eigenvalue weighted by Gasteiger charge is 2.06. The Labute approximate surface area is 126 Å². The average molecular weight is 377 g/mol. The van der Waals surface area contributed by atoms with E-state index in [2.05, 4.69) is 51.0 Å². The number of unbranched alkanes of at least 4 members (excludes halogenated alkanes) is 1. The first-order chi connectivity index (χ1) is 8.49. The Kier molecular flexibility index (Phi) is 6.94. The lowest BCUT2D eigenvalue weighted by Crippen LogP contribution is -2.24. The third-order valence-electron chi connectivity index (χ3n) is 2.62. The molecular formula is C14H19Br2NO. The summed E-state index contributed by atoms with van der Waals surface area (Å²) in [6.07, 6.45) is 3.43. The van der Waals surface area contributed by atoms with Crippen molar-refractivity contribution in [3.05, 3.63) is 32.7 Å². The first-order valence-corrected chi connectivity index (χ1v) is 7.82. The van der Waals surface area contributed by atoms with Crippen molar-refractivity contribution in [2.45, 2.75) is 33.1 Å². The maximum absolute atomic E-state index is 11.9. The monoisotopic (exact) mass is 375 g/mol. The van der Waals surface area contributed by atoms with E-state index in [0.717, 1.165) is 27.8 Å². The fourth-order valence-corrected chi connectivity index (χ4v) is 2.96. The van der Waals surface area contributed by atoms with Crippen LogP contribution in [0.15, 0.2) is 27.1 Å². The lowest BCUT2D eigenvalue weighted by molar-refractivity contribution is 0.0952. The van der Waals surface area contributed by atoms with Gasteiger partial charge >= 0.3 is 0 Å². The lowest BCUT2D eigenvalue weighted by atomic mass is 10.1. The van der Waals surface area contributed by atoms with Crippen molar-refractivity contribution in [3.8, 4) is 0 Å². The molecule has 0 fully saturated rings. The molecule has 0 saturated heterocycles. The van der Waals surface area contributed by atoms with E-state index in [9.17, 15) is 4.79 Å². The first kappa shape index (κ1) is 15.7. The second kappa shape index (κ2) is 7.95. The zero-order valence-electron chi connectivity index (χ0n) is 10.8. The minimum atomic E-state index is -0.0125. The van der Waals surface area contributed by atoms with Crippen LogP contribution in [-0.2, 0) is 0 Å². The van der Waals surface area contributed by atoms with Gasteiger partial charge in [-0.3, -0.25) is 4.79 Å². The van der Waals surface area contributed by atoms with Crippen LogP contribution >= 0.6 is 31.9 Å². The van der Waals surface area contributed by atoms with E-state index in [1.54, 1.807) is 0 Å². The quantitative estimate of drug-likeness (QED) is 0.712. The summed E-state index contributed by atoms with van der Waals surface area (Å²) in [6.45, 7) is 5.19. The van der Waals surface area contributed by atoms with Crippen LogP contribution in [0, 0.1) is 5.92 Å². The molecule has 0 aliphatic heterocycles.